The third-order valence-electron chi connectivity index (χ3n) is 4.30. The number of nitrogens with zero attached hydrogens (tertiary/aromatic N) is 2. The normalized spacial score (nSPS) is 11.0. The number of rotatable bonds is 8. The molecule has 2 aromatic rings. The van der Waals surface area contributed by atoms with E-state index in [4.69, 9.17) is 4.74 Å². The molecule has 25 heavy (non-hydrogen) atoms. The quantitative estimate of drug-likeness (QED) is 0.801. The van der Waals surface area contributed by atoms with E-state index in [2.05, 4.69) is 24.3 Å². The highest BCUT2D eigenvalue weighted by Crippen LogP contribution is 2.15. The lowest BCUT2D eigenvalue weighted by Gasteiger charge is -2.09. The Labute approximate surface area is 150 Å². The number of ether oxygens (including phenoxy) is 1. The summed E-state index contributed by atoms with van der Waals surface area (Å²) < 4.78 is 7.16. The maximum absolute atomic E-state index is 12.3. The van der Waals surface area contributed by atoms with E-state index in [0.717, 1.165) is 35.7 Å². The van der Waals surface area contributed by atoms with Gasteiger partial charge in [-0.15, -0.1) is 0 Å². The van der Waals surface area contributed by atoms with Crippen LogP contribution in [0, 0.1) is 19.8 Å². The summed E-state index contributed by atoms with van der Waals surface area (Å²) in [5.41, 5.74) is 4.26. The van der Waals surface area contributed by atoms with Crippen molar-refractivity contribution in [3.63, 3.8) is 0 Å². The van der Waals surface area contributed by atoms with Crippen LogP contribution in [0.4, 0.5) is 0 Å². The second-order valence-corrected chi connectivity index (χ2v) is 6.85. The Bertz CT molecular complexity index is 702. The molecule has 136 valence electrons. The van der Waals surface area contributed by atoms with Crippen LogP contribution in [0.3, 0.4) is 0 Å². The van der Waals surface area contributed by atoms with Crippen molar-refractivity contribution in [2.24, 2.45) is 5.92 Å². The number of amides is 1. The first-order valence-electron chi connectivity index (χ1n) is 8.83. The van der Waals surface area contributed by atoms with E-state index in [1.54, 1.807) is 7.11 Å². The number of carbonyl (C=O) groups is 1. The predicted octanol–water partition coefficient (Wildman–Crippen LogP) is 3.07. The average Bonchev–Trinajstić information content (AvgIpc) is 2.82. The lowest BCUT2D eigenvalue weighted by Crippen LogP contribution is -2.27. The molecular formula is C20H29N3O2. The fourth-order valence-electron chi connectivity index (χ4n) is 2.87. The molecule has 0 radical (unpaired) electrons. The standard InChI is InChI=1S/C20H29N3O2/c1-14(2)13-23-16(4)19(15(3)22-23)12-20(24)21-11-10-17-6-8-18(25-5)9-7-17/h6-9,14H,10-13H2,1-5H3,(H,21,24). The Balaban J connectivity index is 1.86. The van der Waals surface area contributed by atoms with Gasteiger partial charge < -0.3 is 10.1 Å². The zero-order valence-corrected chi connectivity index (χ0v) is 15.9. The lowest BCUT2D eigenvalue weighted by molar-refractivity contribution is -0.120. The average molecular weight is 343 g/mol. The van der Waals surface area contributed by atoms with E-state index in [1.165, 1.54) is 5.56 Å². The smallest absolute Gasteiger partial charge is 0.224 e. The summed E-state index contributed by atoms with van der Waals surface area (Å²) in [6.07, 6.45) is 1.19. The maximum atomic E-state index is 12.3. The minimum Gasteiger partial charge on any atom is -0.497 e. The van der Waals surface area contributed by atoms with Gasteiger partial charge in [-0.2, -0.15) is 5.10 Å². The molecule has 0 unspecified atom stereocenters. The van der Waals surface area contributed by atoms with Gasteiger partial charge in [-0.05, 0) is 43.9 Å². The molecule has 0 saturated heterocycles. The molecule has 0 spiro atoms. The molecule has 0 atom stereocenters. The first-order chi connectivity index (χ1) is 11.9. The zero-order valence-electron chi connectivity index (χ0n) is 15.9. The van der Waals surface area contributed by atoms with Crippen molar-refractivity contribution < 1.29 is 9.53 Å². The van der Waals surface area contributed by atoms with Gasteiger partial charge in [0.15, 0.2) is 0 Å². The Hall–Kier alpha value is -2.30. The van der Waals surface area contributed by atoms with Crippen molar-refractivity contribution in [1.82, 2.24) is 15.1 Å². The summed E-state index contributed by atoms with van der Waals surface area (Å²) >= 11 is 0. The number of methoxy groups -OCH3 is 1. The molecular weight excluding hydrogens is 314 g/mol. The third kappa shape index (κ3) is 5.34. The molecule has 5 heteroatoms. The minimum absolute atomic E-state index is 0.0452. The number of benzene rings is 1. The SMILES string of the molecule is COc1ccc(CCNC(=O)Cc2c(C)nn(CC(C)C)c2C)cc1. The third-order valence-corrected chi connectivity index (χ3v) is 4.30. The molecule has 1 aromatic heterocycles. The van der Waals surface area contributed by atoms with Crippen LogP contribution in [0.5, 0.6) is 5.75 Å². The first-order valence-corrected chi connectivity index (χ1v) is 8.83. The molecule has 1 amide bonds. The van der Waals surface area contributed by atoms with E-state index >= 15 is 0 Å². The molecule has 0 aliphatic heterocycles. The Morgan fingerprint density at radius 1 is 1.24 bits per heavy atom. The van der Waals surface area contributed by atoms with E-state index in [-0.39, 0.29) is 5.91 Å². The highest BCUT2D eigenvalue weighted by molar-refractivity contribution is 5.79. The Morgan fingerprint density at radius 3 is 2.52 bits per heavy atom. The second-order valence-electron chi connectivity index (χ2n) is 6.85. The lowest BCUT2D eigenvalue weighted by atomic mass is 10.1. The van der Waals surface area contributed by atoms with Crippen molar-refractivity contribution in [1.29, 1.82) is 0 Å². The molecule has 0 aliphatic rings. The molecule has 1 aromatic carbocycles. The molecule has 1 N–H and O–H groups in total. The maximum Gasteiger partial charge on any atom is 0.224 e. The van der Waals surface area contributed by atoms with Gasteiger partial charge >= 0.3 is 0 Å². The van der Waals surface area contributed by atoms with Crippen LogP contribution >= 0.6 is 0 Å². The van der Waals surface area contributed by atoms with Gasteiger partial charge in [0.05, 0.1) is 19.2 Å². The summed E-state index contributed by atoms with van der Waals surface area (Å²) in [6, 6.07) is 7.92. The first kappa shape index (κ1) is 19.0. The molecule has 0 aliphatic carbocycles. The van der Waals surface area contributed by atoms with Gasteiger partial charge in [-0.25, -0.2) is 0 Å². The predicted molar refractivity (Wildman–Crippen MR) is 100.0 cm³/mol. The van der Waals surface area contributed by atoms with E-state index in [0.29, 0.717) is 18.9 Å². The van der Waals surface area contributed by atoms with Gasteiger partial charge in [0.1, 0.15) is 5.75 Å². The molecule has 0 bridgehead atoms. The summed E-state index contributed by atoms with van der Waals surface area (Å²) in [4.78, 5) is 12.3. The highest BCUT2D eigenvalue weighted by atomic mass is 16.5. The van der Waals surface area contributed by atoms with Gasteiger partial charge in [0.25, 0.3) is 0 Å². The van der Waals surface area contributed by atoms with Crippen molar-refractivity contribution in [2.75, 3.05) is 13.7 Å². The van der Waals surface area contributed by atoms with E-state index in [1.807, 2.05) is 42.8 Å². The van der Waals surface area contributed by atoms with Crippen molar-refractivity contribution in [3.05, 3.63) is 46.8 Å². The Kier molecular flexibility index (Phi) is 6.62. The van der Waals surface area contributed by atoms with Gasteiger partial charge in [-0.1, -0.05) is 26.0 Å². The number of hydrogen-bond donors (Lipinski definition) is 1. The molecule has 5 nitrogen and oxygen atoms in total. The number of nitrogens with one attached hydrogen (secondary N) is 1. The number of hydrogen-bond acceptors (Lipinski definition) is 3. The summed E-state index contributed by atoms with van der Waals surface area (Å²) in [6.45, 7) is 9.87. The van der Waals surface area contributed by atoms with Crippen molar-refractivity contribution in [2.45, 2.75) is 47.1 Å². The van der Waals surface area contributed by atoms with Crippen LogP contribution in [0.25, 0.3) is 0 Å². The van der Waals surface area contributed by atoms with Gasteiger partial charge in [0, 0.05) is 24.3 Å². The molecule has 0 fully saturated rings. The van der Waals surface area contributed by atoms with Crippen LogP contribution in [0.15, 0.2) is 24.3 Å². The summed E-state index contributed by atoms with van der Waals surface area (Å²) in [5, 5.41) is 7.58. The molecule has 0 saturated carbocycles. The number of carbonyl (C=O) groups excluding carboxylic acids is 1. The van der Waals surface area contributed by atoms with Crippen LogP contribution in [-0.2, 0) is 24.2 Å². The van der Waals surface area contributed by atoms with Crippen LogP contribution in [0.2, 0.25) is 0 Å². The van der Waals surface area contributed by atoms with Crippen LogP contribution in [-0.4, -0.2) is 29.3 Å². The minimum atomic E-state index is 0.0452. The van der Waals surface area contributed by atoms with Crippen molar-refractivity contribution >= 4 is 5.91 Å². The monoisotopic (exact) mass is 343 g/mol. The summed E-state index contributed by atoms with van der Waals surface area (Å²) in [5.74, 6) is 1.42. The van der Waals surface area contributed by atoms with Crippen molar-refractivity contribution in [3.8, 4) is 5.75 Å². The second kappa shape index (κ2) is 8.70. The van der Waals surface area contributed by atoms with Gasteiger partial charge in [0.2, 0.25) is 5.91 Å². The highest BCUT2D eigenvalue weighted by Gasteiger charge is 2.15. The fraction of sp³-hybridized carbons (Fsp3) is 0.500. The topological polar surface area (TPSA) is 56.1 Å². The van der Waals surface area contributed by atoms with Crippen LogP contribution < -0.4 is 10.1 Å². The van der Waals surface area contributed by atoms with Crippen LogP contribution in [0.1, 0.15) is 36.4 Å². The number of aromatic nitrogens is 2. The molecule has 1 heterocycles. The molecule has 2 rings (SSSR count). The van der Waals surface area contributed by atoms with Gasteiger partial charge in [-0.3, -0.25) is 9.48 Å². The largest absolute Gasteiger partial charge is 0.497 e. The zero-order chi connectivity index (χ0) is 18.4. The fourth-order valence-corrected chi connectivity index (χ4v) is 2.87. The van der Waals surface area contributed by atoms with E-state index in [9.17, 15) is 4.79 Å². The van der Waals surface area contributed by atoms with E-state index < -0.39 is 0 Å². The number of aryl methyl sites for hydroxylation is 1. The Morgan fingerprint density at radius 2 is 1.92 bits per heavy atom. The summed E-state index contributed by atoms with van der Waals surface area (Å²) in [7, 11) is 1.66.